The molecule has 35 heavy (non-hydrogen) atoms. The molecule has 1 aromatic carbocycles. The average Bonchev–Trinajstić information content (AvgIpc) is 3.25. The number of piperidine rings is 1. The van der Waals surface area contributed by atoms with E-state index in [9.17, 15) is 9.18 Å². The molecule has 0 aliphatic carbocycles. The first-order valence-electron chi connectivity index (χ1n) is 12.7. The van der Waals surface area contributed by atoms with Gasteiger partial charge in [0, 0.05) is 33.0 Å². The first kappa shape index (κ1) is 25.8. The summed E-state index contributed by atoms with van der Waals surface area (Å²) in [4.78, 5) is 19.9. The van der Waals surface area contributed by atoms with Crippen molar-refractivity contribution in [2.24, 2.45) is 0 Å². The van der Waals surface area contributed by atoms with Gasteiger partial charge in [0.2, 0.25) is 5.91 Å². The highest BCUT2D eigenvalue weighted by atomic mass is 28.3. The number of carbonyl (C=O) groups is 1. The zero-order chi connectivity index (χ0) is 25.1. The molecule has 1 aromatic heterocycles. The third kappa shape index (κ3) is 6.10. The van der Waals surface area contributed by atoms with Crippen LogP contribution in [0.5, 0.6) is 5.75 Å². The number of pyridine rings is 1. The average molecular weight is 500 g/mol. The SMILES string of the molecule is CCOc1ccc(F)c(-c2ccnc([C@@H]3CC[C@]4(CCCN(COCC[Si](C)(C)C)C4=O)N3)c2)c1. The van der Waals surface area contributed by atoms with Gasteiger partial charge in [-0.15, -0.1) is 0 Å². The number of ether oxygens (including phenoxy) is 2. The summed E-state index contributed by atoms with van der Waals surface area (Å²) in [6.07, 6.45) is 5.06. The second-order valence-electron chi connectivity index (χ2n) is 10.9. The summed E-state index contributed by atoms with van der Waals surface area (Å²) >= 11 is 0. The van der Waals surface area contributed by atoms with Crippen LogP contribution in [0.15, 0.2) is 36.5 Å². The highest BCUT2D eigenvalue weighted by Gasteiger charge is 2.49. The van der Waals surface area contributed by atoms with Crippen LogP contribution in [0, 0.1) is 5.82 Å². The van der Waals surface area contributed by atoms with Crippen molar-refractivity contribution >= 4 is 14.0 Å². The number of aromatic nitrogens is 1. The largest absolute Gasteiger partial charge is 0.494 e. The Morgan fingerprint density at radius 1 is 1.23 bits per heavy atom. The minimum Gasteiger partial charge on any atom is -0.494 e. The number of hydrogen-bond donors (Lipinski definition) is 1. The molecule has 0 bridgehead atoms. The van der Waals surface area contributed by atoms with Crippen molar-refractivity contribution in [3.05, 3.63) is 48.0 Å². The summed E-state index contributed by atoms with van der Waals surface area (Å²) in [6, 6.07) is 9.59. The molecular formula is C27H38FN3O3Si. The highest BCUT2D eigenvalue weighted by Crippen LogP contribution is 2.39. The summed E-state index contributed by atoms with van der Waals surface area (Å²) < 4.78 is 26.1. The van der Waals surface area contributed by atoms with Gasteiger partial charge < -0.3 is 14.4 Å². The number of nitrogens with one attached hydrogen (secondary N) is 1. The number of carbonyl (C=O) groups excluding carboxylic acids is 1. The van der Waals surface area contributed by atoms with E-state index in [1.165, 1.54) is 6.07 Å². The summed E-state index contributed by atoms with van der Waals surface area (Å²) in [5, 5.41) is 3.62. The third-order valence-electron chi connectivity index (χ3n) is 6.98. The van der Waals surface area contributed by atoms with Gasteiger partial charge in [0.05, 0.1) is 23.9 Å². The first-order chi connectivity index (χ1) is 16.7. The van der Waals surface area contributed by atoms with E-state index in [0.29, 0.717) is 31.3 Å². The van der Waals surface area contributed by atoms with Crippen molar-refractivity contribution < 1.29 is 18.7 Å². The number of halogens is 1. The van der Waals surface area contributed by atoms with Gasteiger partial charge in [-0.1, -0.05) is 19.6 Å². The van der Waals surface area contributed by atoms with Crippen LogP contribution in [-0.4, -0.2) is 55.9 Å². The molecule has 2 saturated heterocycles. The quantitative estimate of drug-likeness (QED) is 0.370. The fourth-order valence-corrected chi connectivity index (χ4v) is 5.76. The zero-order valence-corrected chi connectivity index (χ0v) is 22.4. The lowest BCUT2D eigenvalue weighted by molar-refractivity contribution is -0.147. The van der Waals surface area contributed by atoms with Crippen LogP contribution in [0.2, 0.25) is 25.7 Å². The number of amides is 1. The maximum Gasteiger partial charge on any atom is 0.244 e. The van der Waals surface area contributed by atoms with Crippen molar-refractivity contribution in [3.8, 4) is 16.9 Å². The van der Waals surface area contributed by atoms with Crippen LogP contribution >= 0.6 is 0 Å². The van der Waals surface area contributed by atoms with Gasteiger partial charge in [0.25, 0.3) is 0 Å². The van der Waals surface area contributed by atoms with Gasteiger partial charge in [-0.3, -0.25) is 15.1 Å². The van der Waals surface area contributed by atoms with Gasteiger partial charge >= 0.3 is 0 Å². The molecule has 190 valence electrons. The first-order valence-corrected chi connectivity index (χ1v) is 16.4. The van der Waals surface area contributed by atoms with Gasteiger partial charge in [-0.05, 0) is 74.5 Å². The van der Waals surface area contributed by atoms with Gasteiger partial charge in [0.15, 0.2) is 0 Å². The molecule has 1 spiro atoms. The number of nitrogens with zero attached hydrogens (tertiary/aromatic N) is 2. The Bertz CT molecular complexity index is 1040. The predicted molar refractivity (Wildman–Crippen MR) is 139 cm³/mol. The Labute approximate surface area is 209 Å². The van der Waals surface area contributed by atoms with Gasteiger partial charge in [0.1, 0.15) is 18.3 Å². The molecule has 0 radical (unpaired) electrons. The molecule has 1 amide bonds. The molecule has 8 heteroatoms. The number of likely N-dealkylation sites (tertiary alicyclic amines) is 1. The summed E-state index contributed by atoms with van der Waals surface area (Å²) in [5.41, 5.74) is 1.51. The van der Waals surface area contributed by atoms with E-state index in [4.69, 9.17) is 9.47 Å². The molecule has 2 fully saturated rings. The maximum absolute atomic E-state index is 14.6. The Kier molecular flexibility index (Phi) is 7.93. The van der Waals surface area contributed by atoms with Crippen molar-refractivity contribution in [2.45, 2.75) is 69.9 Å². The number of benzene rings is 1. The Hall–Kier alpha value is -2.29. The fourth-order valence-electron chi connectivity index (χ4n) is 5.00. The Morgan fingerprint density at radius 2 is 2.06 bits per heavy atom. The normalized spacial score (nSPS) is 22.7. The monoisotopic (exact) mass is 499 g/mol. The molecule has 4 rings (SSSR count). The van der Waals surface area contributed by atoms with E-state index in [1.807, 2.05) is 24.0 Å². The minimum atomic E-state index is -1.16. The standard InChI is InChI=1S/C27H38FN3O3Si/c1-5-34-21-7-8-23(28)22(18-21)20-10-13-29-25(17-20)24-9-12-27(30-24)11-6-14-31(26(27)32)19-33-15-16-35(2,3)4/h7-8,10,13,17-18,24,30H,5-6,9,11-12,14-16,19H2,1-4H3/t24-,27-/m0/s1. The van der Waals surface area contributed by atoms with Crippen LogP contribution in [0.25, 0.3) is 11.1 Å². The van der Waals surface area contributed by atoms with E-state index in [2.05, 4.69) is 29.9 Å². The molecular weight excluding hydrogens is 461 g/mol. The number of hydrogen-bond acceptors (Lipinski definition) is 5. The molecule has 1 N–H and O–H groups in total. The van der Waals surface area contributed by atoms with Crippen LogP contribution in [0.4, 0.5) is 4.39 Å². The second kappa shape index (κ2) is 10.8. The molecule has 2 aromatic rings. The molecule has 0 unspecified atom stereocenters. The van der Waals surface area contributed by atoms with E-state index >= 15 is 0 Å². The lowest BCUT2D eigenvalue weighted by Gasteiger charge is -2.39. The molecule has 3 heterocycles. The molecule has 2 atom stereocenters. The Balaban J connectivity index is 1.45. The van der Waals surface area contributed by atoms with Crippen molar-refractivity contribution in [1.82, 2.24) is 15.2 Å². The van der Waals surface area contributed by atoms with E-state index < -0.39 is 13.6 Å². The summed E-state index contributed by atoms with van der Waals surface area (Å²) in [6.45, 7) is 11.2. The second-order valence-corrected chi connectivity index (χ2v) is 16.5. The number of rotatable bonds is 9. The van der Waals surface area contributed by atoms with Crippen LogP contribution < -0.4 is 10.1 Å². The van der Waals surface area contributed by atoms with Crippen LogP contribution in [0.1, 0.15) is 44.3 Å². The molecule has 6 nitrogen and oxygen atoms in total. The van der Waals surface area contributed by atoms with Crippen molar-refractivity contribution in [3.63, 3.8) is 0 Å². The Morgan fingerprint density at radius 3 is 2.83 bits per heavy atom. The van der Waals surface area contributed by atoms with Crippen molar-refractivity contribution in [2.75, 3.05) is 26.5 Å². The smallest absolute Gasteiger partial charge is 0.244 e. The summed E-state index contributed by atoms with van der Waals surface area (Å²) in [5.74, 6) is 0.472. The lowest BCUT2D eigenvalue weighted by Crippen LogP contribution is -2.59. The molecule has 2 aliphatic heterocycles. The minimum absolute atomic E-state index is 0.0511. The fraction of sp³-hybridized carbons (Fsp3) is 0.556. The van der Waals surface area contributed by atoms with E-state index in [1.54, 1.807) is 18.3 Å². The van der Waals surface area contributed by atoms with Crippen molar-refractivity contribution in [1.29, 1.82) is 0 Å². The predicted octanol–water partition coefficient (Wildman–Crippen LogP) is 5.38. The van der Waals surface area contributed by atoms with Crippen LogP contribution in [-0.2, 0) is 9.53 Å². The lowest BCUT2D eigenvalue weighted by atomic mass is 9.87. The molecule has 0 saturated carbocycles. The van der Waals surface area contributed by atoms with Gasteiger partial charge in [-0.25, -0.2) is 4.39 Å². The third-order valence-corrected chi connectivity index (χ3v) is 8.68. The zero-order valence-electron chi connectivity index (χ0n) is 21.4. The van der Waals surface area contributed by atoms with E-state index in [0.717, 1.165) is 49.5 Å². The van der Waals surface area contributed by atoms with E-state index in [-0.39, 0.29) is 17.8 Å². The summed E-state index contributed by atoms with van der Waals surface area (Å²) in [7, 11) is -1.16. The topological polar surface area (TPSA) is 63.7 Å². The van der Waals surface area contributed by atoms with Crippen LogP contribution in [0.3, 0.4) is 0 Å². The van der Waals surface area contributed by atoms with Gasteiger partial charge in [-0.2, -0.15) is 0 Å². The maximum atomic E-state index is 14.6. The highest BCUT2D eigenvalue weighted by molar-refractivity contribution is 6.76. The molecule has 2 aliphatic rings.